The van der Waals surface area contributed by atoms with Crippen LogP contribution in [0.1, 0.15) is 38.6 Å². The van der Waals surface area contributed by atoms with Gasteiger partial charge in [-0.15, -0.1) is 0 Å². The molecule has 2 heterocycles. The largest absolute Gasteiger partial charge is 0.493 e. The van der Waals surface area contributed by atoms with Gasteiger partial charge in [-0.3, -0.25) is 9.59 Å². The van der Waals surface area contributed by atoms with Crippen LogP contribution in [0.3, 0.4) is 0 Å². The van der Waals surface area contributed by atoms with Crippen molar-refractivity contribution < 1.29 is 23.8 Å². The highest BCUT2D eigenvalue weighted by molar-refractivity contribution is 5.98. The predicted molar refractivity (Wildman–Crippen MR) is 116 cm³/mol. The molecule has 2 aromatic rings. The Kier molecular flexibility index (Phi) is 6.42. The Morgan fingerprint density at radius 2 is 1.52 bits per heavy atom. The van der Waals surface area contributed by atoms with Gasteiger partial charge in [0.05, 0.1) is 27.4 Å². The molecule has 7 heteroatoms. The Balaban J connectivity index is 1.43. The van der Waals surface area contributed by atoms with E-state index in [0.29, 0.717) is 56.3 Å². The second-order valence-electron chi connectivity index (χ2n) is 7.80. The van der Waals surface area contributed by atoms with Crippen molar-refractivity contribution in [1.82, 2.24) is 9.80 Å². The van der Waals surface area contributed by atoms with Crippen molar-refractivity contribution in [3.63, 3.8) is 0 Å². The first-order valence-corrected chi connectivity index (χ1v) is 10.6. The van der Waals surface area contributed by atoms with Gasteiger partial charge in [0.25, 0.3) is 11.8 Å². The molecular weight excluding hydrogens is 396 g/mol. The molecule has 0 radical (unpaired) electrons. The molecule has 7 nitrogen and oxygen atoms in total. The quantitative estimate of drug-likeness (QED) is 0.738. The van der Waals surface area contributed by atoms with Crippen LogP contribution in [0.2, 0.25) is 0 Å². The highest BCUT2D eigenvalue weighted by Gasteiger charge is 2.30. The minimum Gasteiger partial charge on any atom is -0.493 e. The molecule has 1 atom stereocenters. The summed E-state index contributed by atoms with van der Waals surface area (Å²) in [5.41, 5.74) is 2.25. The molecule has 0 N–H and O–H groups in total. The summed E-state index contributed by atoms with van der Waals surface area (Å²) in [7, 11) is 3.26. The Morgan fingerprint density at radius 3 is 2.13 bits per heavy atom. The van der Waals surface area contributed by atoms with Crippen LogP contribution in [-0.2, 0) is 4.74 Å². The van der Waals surface area contributed by atoms with Crippen molar-refractivity contribution >= 4 is 11.8 Å². The normalized spacial score (nSPS) is 18.7. The van der Waals surface area contributed by atoms with Crippen molar-refractivity contribution in [2.75, 3.05) is 53.6 Å². The van der Waals surface area contributed by atoms with Gasteiger partial charge in [-0.25, -0.2) is 0 Å². The van der Waals surface area contributed by atoms with Crippen LogP contribution in [-0.4, -0.2) is 75.2 Å². The first kappa shape index (κ1) is 21.2. The van der Waals surface area contributed by atoms with E-state index in [1.54, 1.807) is 43.4 Å². The zero-order chi connectivity index (χ0) is 21.8. The lowest BCUT2D eigenvalue weighted by atomic mass is 9.97. The molecule has 31 heavy (non-hydrogen) atoms. The van der Waals surface area contributed by atoms with E-state index in [-0.39, 0.29) is 17.7 Å². The van der Waals surface area contributed by atoms with Crippen LogP contribution in [0, 0.1) is 0 Å². The van der Waals surface area contributed by atoms with Crippen molar-refractivity contribution in [3.05, 3.63) is 59.2 Å². The molecule has 2 aromatic carbocycles. The molecule has 2 saturated heterocycles. The van der Waals surface area contributed by atoms with Crippen molar-refractivity contribution in [3.8, 4) is 11.5 Å². The van der Waals surface area contributed by atoms with Crippen LogP contribution in [0.15, 0.2) is 42.5 Å². The zero-order valence-electron chi connectivity index (χ0n) is 18.0. The average molecular weight is 424 g/mol. The van der Waals surface area contributed by atoms with Gasteiger partial charge in [0.2, 0.25) is 0 Å². The summed E-state index contributed by atoms with van der Waals surface area (Å²) in [6.07, 6.45) is 0.864. The Bertz CT molecular complexity index is 937. The van der Waals surface area contributed by atoms with E-state index in [1.165, 1.54) is 0 Å². The van der Waals surface area contributed by atoms with E-state index in [9.17, 15) is 9.59 Å². The number of hydrogen-bond donors (Lipinski definition) is 0. The summed E-state index contributed by atoms with van der Waals surface area (Å²) >= 11 is 0. The number of carbonyl (C=O) groups excluding carboxylic acids is 2. The summed E-state index contributed by atoms with van der Waals surface area (Å²) in [6, 6.07) is 12.8. The maximum Gasteiger partial charge on any atom is 0.254 e. The van der Waals surface area contributed by atoms with Crippen molar-refractivity contribution in [2.24, 2.45) is 0 Å². The summed E-state index contributed by atoms with van der Waals surface area (Å²) in [6.45, 7) is 3.63. The first-order chi connectivity index (χ1) is 15.1. The average Bonchev–Trinajstić information content (AvgIpc) is 3.33. The maximum absolute atomic E-state index is 13.0. The Morgan fingerprint density at radius 1 is 0.871 bits per heavy atom. The summed E-state index contributed by atoms with van der Waals surface area (Å²) in [5, 5.41) is 0. The summed E-state index contributed by atoms with van der Waals surface area (Å²) in [5.74, 6) is 1.58. The smallest absolute Gasteiger partial charge is 0.254 e. The molecule has 0 aromatic heterocycles. The zero-order valence-corrected chi connectivity index (χ0v) is 18.0. The van der Waals surface area contributed by atoms with E-state index in [0.717, 1.165) is 17.7 Å². The lowest BCUT2D eigenvalue weighted by Crippen LogP contribution is -2.40. The van der Waals surface area contributed by atoms with Gasteiger partial charge < -0.3 is 24.0 Å². The molecule has 2 aliphatic rings. The number of carbonyl (C=O) groups is 2. The predicted octanol–water partition coefficient (Wildman–Crippen LogP) is 2.81. The minimum atomic E-state index is -0.0198. The highest BCUT2D eigenvalue weighted by Crippen LogP contribution is 2.39. The van der Waals surface area contributed by atoms with E-state index in [2.05, 4.69) is 0 Å². The number of para-hydroxylation sites is 1. The van der Waals surface area contributed by atoms with Crippen LogP contribution in [0.5, 0.6) is 11.5 Å². The van der Waals surface area contributed by atoms with E-state index in [1.807, 2.05) is 23.1 Å². The number of morpholine rings is 1. The molecule has 2 aliphatic heterocycles. The Hall–Kier alpha value is -3.06. The van der Waals surface area contributed by atoms with Gasteiger partial charge in [0.15, 0.2) is 11.5 Å². The van der Waals surface area contributed by atoms with Crippen molar-refractivity contribution in [1.29, 1.82) is 0 Å². The van der Waals surface area contributed by atoms with Crippen LogP contribution >= 0.6 is 0 Å². The van der Waals surface area contributed by atoms with E-state index in [4.69, 9.17) is 14.2 Å². The number of methoxy groups -OCH3 is 2. The Labute approximate surface area is 182 Å². The van der Waals surface area contributed by atoms with Crippen LogP contribution in [0.25, 0.3) is 0 Å². The third kappa shape index (κ3) is 4.37. The van der Waals surface area contributed by atoms with Gasteiger partial charge >= 0.3 is 0 Å². The number of amides is 2. The monoisotopic (exact) mass is 424 g/mol. The number of ether oxygens (including phenoxy) is 3. The molecule has 2 amide bonds. The first-order valence-electron chi connectivity index (χ1n) is 10.6. The summed E-state index contributed by atoms with van der Waals surface area (Å²) < 4.78 is 16.3. The SMILES string of the molecule is COc1cccc(C2CCN(C(=O)c3ccc(C(=O)N4CCOCC4)cc3)C2)c1OC. The molecule has 164 valence electrons. The fraction of sp³-hybridized carbons (Fsp3) is 0.417. The lowest BCUT2D eigenvalue weighted by molar-refractivity contribution is 0.0303. The number of rotatable bonds is 5. The third-order valence-electron chi connectivity index (χ3n) is 6.03. The highest BCUT2D eigenvalue weighted by atomic mass is 16.5. The lowest BCUT2D eigenvalue weighted by Gasteiger charge is -2.27. The number of benzene rings is 2. The second kappa shape index (κ2) is 9.39. The van der Waals surface area contributed by atoms with E-state index < -0.39 is 0 Å². The third-order valence-corrected chi connectivity index (χ3v) is 6.03. The number of hydrogen-bond acceptors (Lipinski definition) is 5. The van der Waals surface area contributed by atoms with Gasteiger partial charge in [0, 0.05) is 48.8 Å². The van der Waals surface area contributed by atoms with E-state index >= 15 is 0 Å². The fourth-order valence-electron chi connectivity index (χ4n) is 4.32. The summed E-state index contributed by atoms with van der Waals surface area (Å²) in [4.78, 5) is 29.3. The molecular formula is C24H28N2O5. The standard InChI is InChI=1S/C24H28N2O5/c1-29-21-5-3-4-20(22(21)30-2)19-10-11-26(16-19)24(28)18-8-6-17(7-9-18)23(27)25-12-14-31-15-13-25/h3-9,19H,10-16H2,1-2H3. The molecule has 1 unspecified atom stereocenters. The molecule has 0 spiro atoms. The van der Waals surface area contributed by atoms with Crippen molar-refractivity contribution in [2.45, 2.75) is 12.3 Å². The topological polar surface area (TPSA) is 68.3 Å². The number of likely N-dealkylation sites (tertiary alicyclic amines) is 1. The van der Waals surface area contributed by atoms with Gasteiger partial charge in [0.1, 0.15) is 0 Å². The molecule has 0 saturated carbocycles. The van der Waals surface area contributed by atoms with Gasteiger partial charge in [-0.1, -0.05) is 12.1 Å². The molecule has 0 bridgehead atoms. The second-order valence-corrected chi connectivity index (χ2v) is 7.80. The minimum absolute atomic E-state index is 0.0188. The van der Waals surface area contributed by atoms with Gasteiger partial charge in [-0.2, -0.15) is 0 Å². The molecule has 2 fully saturated rings. The van der Waals surface area contributed by atoms with Crippen LogP contribution < -0.4 is 9.47 Å². The fourth-order valence-corrected chi connectivity index (χ4v) is 4.32. The molecule has 0 aliphatic carbocycles. The number of nitrogens with zero attached hydrogens (tertiary/aromatic N) is 2. The molecule has 4 rings (SSSR count). The van der Waals surface area contributed by atoms with Gasteiger partial charge in [-0.05, 0) is 36.8 Å². The van der Waals surface area contributed by atoms with Crippen LogP contribution in [0.4, 0.5) is 0 Å². The maximum atomic E-state index is 13.0.